The van der Waals surface area contributed by atoms with E-state index in [1.54, 1.807) is 0 Å². The van der Waals surface area contributed by atoms with Gasteiger partial charge in [0, 0.05) is 10.5 Å². The fraction of sp³-hybridized carbons (Fsp3) is 1.00. The van der Waals surface area contributed by atoms with Crippen LogP contribution in [0.5, 0.6) is 0 Å². The van der Waals surface area contributed by atoms with Gasteiger partial charge in [0.25, 0.3) is 0 Å². The van der Waals surface area contributed by atoms with Crippen molar-refractivity contribution >= 4 is 25.3 Å². The molecule has 2 atom stereocenters. The summed E-state index contributed by atoms with van der Waals surface area (Å²) in [7, 11) is 0. The molecule has 0 aliphatic rings. The average molecular weight is 389 g/mol. The second kappa shape index (κ2) is 21.0. The lowest BCUT2D eigenvalue weighted by molar-refractivity contribution is 0.530. The summed E-state index contributed by atoms with van der Waals surface area (Å²) in [5, 5.41) is 0.996. The zero-order valence-corrected chi connectivity index (χ0v) is 19.3. The third-order valence-electron chi connectivity index (χ3n) is 5.40. The normalized spacial score (nSPS) is 13.9. The molecule has 0 N–H and O–H groups in total. The van der Waals surface area contributed by atoms with Crippen LogP contribution >= 0.6 is 25.3 Å². The molecule has 152 valence electrons. The van der Waals surface area contributed by atoms with E-state index < -0.39 is 0 Å². The minimum absolute atomic E-state index is 0.498. The van der Waals surface area contributed by atoms with Gasteiger partial charge in [0.15, 0.2) is 0 Å². The first-order chi connectivity index (χ1) is 12.2. The molecule has 0 aromatic heterocycles. The molecule has 0 saturated carbocycles. The first-order valence-corrected chi connectivity index (χ1v) is 12.6. The Labute approximate surface area is 171 Å². The molecule has 0 aromatic carbocycles. The molecule has 2 unspecified atom stereocenters. The van der Waals surface area contributed by atoms with Gasteiger partial charge in [0.2, 0.25) is 0 Å². The number of hydrogen-bond donors (Lipinski definition) is 2. The van der Waals surface area contributed by atoms with Crippen LogP contribution in [0.4, 0.5) is 0 Å². The highest BCUT2D eigenvalue weighted by atomic mass is 32.1. The lowest BCUT2D eigenvalue weighted by Gasteiger charge is -2.18. The first kappa shape index (κ1) is 25.7. The van der Waals surface area contributed by atoms with E-state index in [2.05, 4.69) is 13.8 Å². The molecule has 0 amide bonds. The van der Waals surface area contributed by atoms with Crippen molar-refractivity contribution in [3.8, 4) is 0 Å². The smallest absolute Gasteiger partial charge is 0.0133 e. The van der Waals surface area contributed by atoms with Crippen molar-refractivity contribution in [3.05, 3.63) is 0 Å². The Morgan fingerprint density at radius 1 is 0.400 bits per heavy atom. The molecule has 2 heteroatoms. The van der Waals surface area contributed by atoms with E-state index >= 15 is 0 Å². The van der Waals surface area contributed by atoms with Gasteiger partial charge in [0.1, 0.15) is 0 Å². The molecule has 0 rings (SSSR count). The minimum atomic E-state index is 0.498. The molecule has 0 aliphatic carbocycles. The molecule has 0 saturated heterocycles. The number of unbranched alkanes of at least 4 members (excludes halogenated alkanes) is 15. The van der Waals surface area contributed by atoms with Gasteiger partial charge in [-0.15, -0.1) is 0 Å². The largest absolute Gasteiger partial charge is 0.175 e. The molecule has 0 heterocycles. The summed E-state index contributed by atoms with van der Waals surface area (Å²) < 4.78 is 0. The van der Waals surface area contributed by atoms with Gasteiger partial charge in [-0.2, -0.15) is 25.3 Å². The molecule has 0 nitrogen and oxygen atoms in total. The average Bonchev–Trinajstić information content (AvgIpc) is 2.62. The van der Waals surface area contributed by atoms with Crippen LogP contribution in [0.2, 0.25) is 0 Å². The van der Waals surface area contributed by atoms with Crippen LogP contribution in [0.15, 0.2) is 0 Å². The second-order valence-corrected chi connectivity index (χ2v) is 9.34. The Kier molecular flexibility index (Phi) is 21.6. The molecule has 0 aliphatic heterocycles. The summed E-state index contributed by atoms with van der Waals surface area (Å²) in [5.74, 6) is 0. The molecule has 0 fully saturated rings. The summed E-state index contributed by atoms with van der Waals surface area (Å²) in [6.45, 7) is 4.57. The van der Waals surface area contributed by atoms with Crippen LogP contribution in [0.1, 0.15) is 136 Å². The number of rotatable bonds is 20. The van der Waals surface area contributed by atoms with Crippen molar-refractivity contribution < 1.29 is 0 Å². The molecule has 0 bridgehead atoms. The standard InChI is InChI=1S/C23H48S2/c1-3-5-7-9-10-11-12-13-14-15-17-19-21-23(25)22(24)20-18-16-8-6-4-2/h22-25H,3-21H2,1-2H3. The molecular weight excluding hydrogens is 340 g/mol. The lowest BCUT2D eigenvalue weighted by atomic mass is 10.0. The maximum absolute atomic E-state index is 4.80. The van der Waals surface area contributed by atoms with Crippen molar-refractivity contribution in [1.82, 2.24) is 0 Å². The zero-order valence-electron chi connectivity index (χ0n) is 17.5. The van der Waals surface area contributed by atoms with Gasteiger partial charge < -0.3 is 0 Å². The maximum atomic E-state index is 4.80. The van der Waals surface area contributed by atoms with E-state index in [9.17, 15) is 0 Å². The quantitative estimate of drug-likeness (QED) is 0.151. The van der Waals surface area contributed by atoms with Gasteiger partial charge in [-0.3, -0.25) is 0 Å². The summed E-state index contributed by atoms with van der Waals surface area (Å²) in [5.41, 5.74) is 0. The van der Waals surface area contributed by atoms with Crippen LogP contribution in [0.3, 0.4) is 0 Å². The summed E-state index contributed by atoms with van der Waals surface area (Å²) in [4.78, 5) is 0. The van der Waals surface area contributed by atoms with E-state index in [0.29, 0.717) is 10.5 Å². The molecule has 0 spiro atoms. The van der Waals surface area contributed by atoms with E-state index in [0.717, 1.165) is 0 Å². The molecule has 0 aromatic rings. The van der Waals surface area contributed by atoms with Gasteiger partial charge in [-0.05, 0) is 12.8 Å². The Bertz CT molecular complexity index is 242. The van der Waals surface area contributed by atoms with Crippen molar-refractivity contribution in [2.45, 2.75) is 146 Å². The SMILES string of the molecule is CCCCCCCCCCCCCCC(S)C(S)CCCCCCC. The molecular formula is C23H48S2. The first-order valence-electron chi connectivity index (χ1n) is 11.6. The van der Waals surface area contributed by atoms with Gasteiger partial charge in [0.05, 0.1) is 0 Å². The summed E-state index contributed by atoms with van der Waals surface area (Å²) in [6.07, 6.45) is 26.5. The van der Waals surface area contributed by atoms with Crippen LogP contribution in [-0.2, 0) is 0 Å². The predicted molar refractivity (Wildman–Crippen MR) is 125 cm³/mol. The Morgan fingerprint density at radius 3 is 0.920 bits per heavy atom. The van der Waals surface area contributed by atoms with Crippen molar-refractivity contribution in [2.75, 3.05) is 0 Å². The maximum Gasteiger partial charge on any atom is 0.0133 e. The van der Waals surface area contributed by atoms with Gasteiger partial charge in [-0.25, -0.2) is 0 Å². The molecule has 25 heavy (non-hydrogen) atoms. The Balaban J connectivity index is 3.26. The van der Waals surface area contributed by atoms with Gasteiger partial charge >= 0.3 is 0 Å². The highest BCUT2D eigenvalue weighted by Gasteiger charge is 2.13. The summed E-state index contributed by atoms with van der Waals surface area (Å²) >= 11 is 9.58. The second-order valence-electron chi connectivity index (χ2n) is 8.02. The van der Waals surface area contributed by atoms with E-state index in [1.165, 1.54) is 122 Å². The monoisotopic (exact) mass is 388 g/mol. The lowest BCUT2D eigenvalue weighted by Crippen LogP contribution is -2.15. The van der Waals surface area contributed by atoms with Crippen molar-refractivity contribution in [1.29, 1.82) is 0 Å². The number of hydrogen-bond acceptors (Lipinski definition) is 2. The number of thiol groups is 2. The predicted octanol–water partition coefficient (Wildman–Crippen LogP) is 9.03. The molecule has 0 radical (unpaired) electrons. The third kappa shape index (κ3) is 19.3. The topological polar surface area (TPSA) is 0 Å². The highest BCUT2D eigenvalue weighted by molar-refractivity contribution is 7.85. The van der Waals surface area contributed by atoms with Crippen LogP contribution in [-0.4, -0.2) is 10.5 Å². The van der Waals surface area contributed by atoms with Crippen molar-refractivity contribution in [3.63, 3.8) is 0 Å². The third-order valence-corrected chi connectivity index (χ3v) is 6.87. The Hall–Kier alpha value is 0.700. The van der Waals surface area contributed by atoms with Crippen LogP contribution < -0.4 is 0 Å². The van der Waals surface area contributed by atoms with Crippen LogP contribution in [0.25, 0.3) is 0 Å². The van der Waals surface area contributed by atoms with Crippen LogP contribution in [0, 0.1) is 0 Å². The zero-order chi connectivity index (χ0) is 18.6. The van der Waals surface area contributed by atoms with E-state index in [1.807, 2.05) is 0 Å². The van der Waals surface area contributed by atoms with E-state index in [4.69, 9.17) is 25.3 Å². The fourth-order valence-corrected chi connectivity index (χ4v) is 4.20. The highest BCUT2D eigenvalue weighted by Crippen LogP contribution is 2.22. The fourth-order valence-electron chi connectivity index (χ4n) is 3.54. The Morgan fingerprint density at radius 2 is 0.640 bits per heavy atom. The van der Waals surface area contributed by atoms with E-state index in [-0.39, 0.29) is 0 Å². The summed E-state index contributed by atoms with van der Waals surface area (Å²) in [6, 6.07) is 0. The van der Waals surface area contributed by atoms with Crippen molar-refractivity contribution in [2.24, 2.45) is 0 Å². The van der Waals surface area contributed by atoms with Gasteiger partial charge in [-0.1, -0.05) is 123 Å². The minimum Gasteiger partial charge on any atom is -0.175 e.